The van der Waals surface area contributed by atoms with Crippen molar-refractivity contribution in [2.45, 2.75) is 19.2 Å². The van der Waals surface area contributed by atoms with Crippen LogP contribution in [0.5, 0.6) is 11.5 Å². The Morgan fingerprint density at radius 1 is 1.21 bits per heavy atom. The Labute approximate surface area is 171 Å². The van der Waals surface area contributed by atoms with Crippen LogP contribution in [0.4, 0.5) is 0 Å². The summed E-state index contributed by atoms with van der Waals surface area (Å²) >= 11 is 1.97. The van der Waals surface area contributed by atoms with Gasteiger partial charge in [-0.15, -0.1) is 0 Å². The van der Waals surface area contributed by atoms with Crippen LogP contribution in [0.25, 0.3) is 0 Å². The quantitative estimate of drug-likeness (QED) is 0.620. The average Bonchev–Trinajstić information content (AvgIpc) is 3.12. The number of hydrogen-bond acceptors (Lipinski definition) is 7. The van der Waals surface area contributed by atoms with Crippen LogP contribution in [-0.4, -0.2) is 70.7 Å². The molecule has 0 unspecified atom stereocenters. The van der Waals surface area contributed by atoms with Crippen molar-refractivity contribution >= 4 is 11.8 Å². The van der Waals surface area contributed by atoms with E-state index in [0.29, 0.717) is 18.0 Å². The normalized spacial score (nSPS) is 16.1. The van der Waals surface area contributed by atoms with Crippen molar-refractivity contribution in [3.05, 3.63) is 41.7 Å². The van der Waals surface area contributed by atoms with Gasteiger partial charge in [0.05, 0.1) is 13.3 Å². The highest BCUT2D eigenvalue weighted by molar-refractivity contribution is 7.99. The van der Waals surface area contributed by atoms with Crippen LogP contribution < -0.4 is 14.8 Å². The maximum absolute atomic E-state index is 10.3. The predicted octanol–water partition coefficient (Wildman–Crippen LogP) is 1.51. The Morgan fingerprint density at radius 2 is 2.00 bits per heavy atom. The first kappa shape index (κ1) is 21.0. The van der Waals surface area contributed by atoms with Gasteiger partial charge in [0.25, 0.3) is 0 Å². The molecular weight excluding hydrogens is 376 g/mol. The van der Waals surface area contributed by atoms with Gasteiger partial charge in [0.1, 0.15) is 12.7 Å². The van der Waals surface area contributed by atoms with E-state index in [4.69, 9.17) is 9.47 Å². The Bertz CT molecular complexity index is 734. The third kappa shape index (κ3) is 6.41. The number of methoxy groups -OCH3 is 1. The number of aliphatic hydroxyl groups excluding tert-OH is 1. The smallest absolute Gasteiger partial charge is 0.161 e. The lowest BCUT2D eigenvalue weighted by molar-refractivity contribution is 0.0705. The zero-order chi connectivity index (χ0) is 19.8. The van der Waals surface area contributed by atoms with Gasteiger partial charge >= 0.3 is 0 Å². The summed E-state index contributed by atoms with van der Waals surface area (Å²) in [5.41, 5.74) is 2.26. The largest absolute Gasteiger partial charge is 0.493 e. The number of hydrogen-bond donors (Lipinski definition) is 2. The second-order valence-corrected chi connectivity index (χ2v) is 8.21. The molecule has 0 amide bonds. The van der Waals surface area contributed by atoms with Crippen molar-refractivity contribution in [2.24, 2.45) is 7.05 Å². The fraction of sp³-hybridized carbons (Fsp3) is 0.550. The van der Waals surface area contributed by atoms with Gasteiger partial charge < -0.3 is 19.9 Å². The number of β-amino-alcohol motifs (C(OH)–C–C–N with tert-alkyl or cyclic N) is 1. The summed E-state index contributed by atoms with van der Waals surface area (Å²) in [5.74, 6) is 3.61. The minimum Gasteiger partial charge on any atom is -0.493 e. The molecule has 0 radical (unpaired) electrons. The fourth-order valence-corrected chi connectivity index (χ4v) is 4.15. The minimum absolute atomic E-state index is 0.263. The molecule has 154 valence electrons. The van der Waals surface area contributed by atoms with E-state index in [-0.39, 0.29) is 6.61 Å². The zero-order valence-corrected chi connectivity index (χ0v) is 17.5. The number of nitrogens with zero attached hydrogens (tertiary/aromatic N) is 3. The molecule has 1 aromatic carbocycles. The average molecular weight is 407 g/mol. The van der Waals surface area contributed by atoms with Gasteiger partial charge in [-0.25, -0.2) is 0 Å². The summed E-state index contributed by atoms with van der Waals surface area (Å²) in [6, 6.07) is 5.90. The van der Waals surface area contributed by atoms with Crippen LogP contribution in [0.15, 0.2) is 30.6 Å². The molecule has 0 saturated carbocycles. The number of aromatic nitrogens is 2. The highest BCUT2D eigenvalue weighted by atomic mass is 32.2. The molecule has 2 aromatic rings. The molecule has 1 saturated heterocycles. The van der Waals surface area contributed by atoms with E-state index in [1.54, 1.807) is 11.8 Å². The minimum atomic E-state index is -0.506. The number of benzene rings is 1. The maximum Gasteiger partial charge on any atom is 0.161 e. The molecule has 2 heterocycles. The Kier molecular flexibility index (Phi) is 8.02. The monoisotopic (exact) mass is 406 g/mol. The van der Waals surface area contributed by atoms with Crippen molar-refractivity contribution in [2.75, 3.05) is 44.9 Å². The lowest BCUT2D eigenvalue weighted by atomic mass is 10.2. The summed E-state index contributed by atoms with van der Waals surface area (Å²) < 4.78 is 13.1. The Hall–Kier alpha value is -1.74. The van der Waals surface area contributed by atoms with E-state index in [9.17, 15) is 5.11 Å². The third-order valence-corrected chi connectivity index (χ3v) is 5.59. The first-order valence-electron chi connectivity index (χ1n) is 9.60. The molecule has 3 rings (SSSR count). The molecule has 2 N–H and O–H groups in total. The van der Waals surface area contributed by atoms with Crippen LogP contribution in [0, 0.1) is 0 Å². The van der Waals surface area contributed by atoms with Crippen molar-refractivity contribution in [3.63, 3.8) is 0 Å². The molecule has 0 aliphatic carbocycles. The SMILES string of the molecule is COc1cc(CNCc2cnn(C)c2)ccc1OC[C@@H](O)CN1CCSCC1. The Balaban J connectivity index is 1.46. The lowest BCUT2D eigenvalue weighted by Crippen LogP contribution is -2.40. The number of thioether (sulfide) groups is 1. The fourth-order valence-electron chi connectivity index (χ4n) is 3.18. The van der Waals surface area contributed by atoms with Crippen LogP contribution >= 0.6 is 11.8 Å². The van der Waals surface area contributed by atoms with Crippen LogP contribution in [0.1, 0.15) is 11.1 Å². The van der Waals surface area contributed by atoms with Gasteiger partial charge in [-0.1, -0.05) is 6.07 Å². The van der Waals surface area contributed by atoms with Crippen molar-refractivity contribution < 1.29 is 14.6 Å². The summed E-state index contributed by atoms with van der Waals surface area (Å²) in [5, 5.41) is 17.8. The molecule has 7 nitrogen and oxygen atoms in total. The molecular formula is C20H30N4O3S. The first-order valence-corrected chi connectivity index (χ1v) is 10.8. The summed E-state index contributed by atoms with van der Waals surface area (Å²) in [6.07, 6.45) is 3.35. The summed E-state index contributed by atoms with van der Waals surface area (Å²) in [6.45, 7) is 4.46. The van der Waals surface area contributed by atoms with Crippen LogP contribution in [0.2, 0.25) is 0 Å². The number of aliphatic hydroxyl groups is 1. The summed E-state index contributed by atoms with van der Waals surface area (Å²) in [7, 11) is 3.55. The van der Waals surface area contributed by atoms with Crippen molar-refractivity contribution in [1.29, 1.82) is 0 Å². The number of nitrogens with one attached hydrogen (secondary N) is 1. The van der Waals surface area contributed by atoms with Gasteiger partial charge in [0.2, 0.25) is 0 Å². The van der Waals surface area contributed by atoms with E-state index in [0.717, 1.165) is 48.8 Å². The van der Waals surface area contributed by atoms with Gasteiger partial charge in [-0.3, -0.25) is 9.58 Å². The molecule has 1 aliphatic rings. The predicted molar refractivity (Wildman–Crippen MR) is 112 cm³/mol. The van der Waals surface area contributed by atoms with E-state index >= 15 is 0 Å². The standard InChI is InChI=1S/C20H30N4O3S/c1-23-13-17(12-22-23)11-21-10-16-3-4-19(20(9-16)26-2)27-15-18(25)14-24-5-7-28-8-6-24/h3-4,9,12-13,18,21,25H,5-8,10-11,14-15H2,1-2H3/t18-/m0/s1. The highest BCUT2D eigenvalue weighted by Crippen LogP contribution is 2.28. The van der Waals surface area contributed by atoms with Crippen molar-refractivity contribution in [1.82, 2.24) is 20.0 Å². The molecule has 1 aliphatic heterocycles. The molecule has 0 spiro atoms. The topological polar surface area (TPSA) is 71.8 Å². The van der Waals surface area contributed by atoms with Crippen LogP contribution in [0.3, 0.4) is 0 Å². The highest BCUT2D eigenvalue weighted by Gasteiger charge is 2.16. The molecule has 8 heteroatoms. The molecule has 28 heavy (non-hydrogen) atoms. The van der Waals surface area contributed by atoms with E-state index in [2.05, 4.69) is 15.3 Å². The molecule has 0 bridgehead atoms. The zero-order valence-electron chi connectivity index (χ0n) is 16.6. The Morgan fingerprint density at radius 3 is 2.71 bits per heavy atom. The molecule has 1 fully saturated rings. The second kappa shape index (κ2) is 10.7. The van der Waals surface area contributed by atoms with Gasteiger partial charge in [-0.05, 0) is 17.7 Å². The number of rotatable bonds is 10. The van der Waals surface area contributed by atoms with Crippen LogP contribution in [-0.2, 0) is 20.1 Å². The summed E-state index contributed by atoms with van der Waals surface area (Å²) in [4.78, 5) is 2.29. The van der Waals surface area contributed by atoms with Gasteiger partial charge in [-0.2, -0.15) is 16.9 Å². The van der Waals surface area contributed by atoms with E-state index in [1.807, 2.05) is 49.4 Å². The maximum atomic E-state index is 10.3. The van der Waals surface area contributed by atoms with Gasteiger partial charge in [0, 0.05) is 63.0 Å². The van der Waals surface area contributed by atoms with E-state index in [1.165, 1.54) is 0 Å². The molecule has 1 atom stereocenters. The second-order valence-electron chi connectivity index (χ2n) is 6.99. The first-order chi connectivity index (χ1) is 13.6. The van der Waals surface area contributed by atoms with E-state index < -0.39 is 6.10 Å². The lowest BCUT2D eigenvalue weighted by Gasteiger charge is -2.28. The van der Waals surface area contributed by atoms with Crippen molar-refractivity contribution in [3.8, 4) is 11.5 Å². The third-order valence-electron chi connectivity index (χ3n) is 4.65. The molecule has 1 aromatic heterocycles. The number of ether oxygens (including phenoxy) is 2. The number of aryl methyl sites for hydroxylation is 1. The van der Waals surface area contributed by atoms with Gasteiger partial charge in [0.15, 0.2) is 11.5 Å².